The first-order valence-corrected chi connectivity index (χ1v) is 7.89. The summed E-state index contributed by atoms with van der Waals surface area (Å²) in [5, 5.41) is 4.67. The molecule has 2 N–H and O–H groups in total. The zero-order valence-electron chi connectivity index (χ0n) is 11.3. The summed E-state index contributed by atoms with van der Waals surface area (Å²) in [4.78, 5) is 0. The number of nitrogens with two attached hydrogens (primary N) is 1. The fraction of sp³-hybridized carbons (Fsp3) is 0.333. The van der Waals surface area contributed by atoms with Gasteiger partial charge in [-0.15, -0.1) is 11.8 Å². The lowest BCUT2D eigenvalue weighted by molar-refractivity contribution is 0.327. The fourth-order valence-electron chi connectivity index (χ4n) is 1.48. The number of rotatable bonds is 7. The third-order valence-corrected chi connectivity index (χ3v) is 2.88. The first-order valence-electron chi connectivity index (χ1n) is 6.42. The minimum atomic E-state index is -3.83. The molecule has 0 saturated carbocycles. The standard InChI is InChI=1S/C15H19NO3S/c16-20(17,18)19-14-10-5-3-1-2-4-7-11-15-12-8-6-9-13-15/h6-9,11-13H,1-2,4,10,14H2,(H2,16,17,18)/b11-7-. The Morgan fingerprint density at radius 2 is 1.85 bits per heavy atom. The Hall–Kier alpha value is -1.61. The molecule has 0 fully saturated rings. The zero-order chi connectivity index (χ0) is 14.7. The molecule has 0 aliphatic heterocycles. The Kier molecular flexibility index (Phi) is 7.66. The molecular weight excluding hydrogens is 274 g/mol. The topological polar surface area (TPSA) is 69.4 Å². The van der Waals surface area contributed by atoms with Crippen LogP contribution in [0.3, 0.4) is 0 Å². The van der Waals surface area contributed by atoms with E-state index in [1.165, 1.54) is 5.56 Å². The average Bonchev–Trinajstić information content (AvgIpc) is 2.41. The lowest BCUT2D eigenvalue weighted by Gasteiger charge is -1.94. The number of benzene rings is 1. The molecule has 0 bridgehead atoms. The van der Waals surface area contributed by atoms with Gasteiger partial charge < -0.3 is 0 Å². The van der Waals surface area contributed by atoms with E-state index in [0.29, 0.717) is 6.42 Å². The van der Waals surface area contributed by atoms with E-state index in [1.54, 1.807) is 0 Å². The SMILES string of the molecule is NS(=O)(=O)OCCC#CCCC/C=C\c1ccccc1. The smallest absolute Gasteiger partial charge is 0.257 e. The normalized spacial score (nSPS) is 11.2. The maximum absolute atomic E-state index is 10.5. The maximum Gasteiger partial charge on any atom is 0.333 e. The summed E-state index contributed by atoms with van der Waals surface area (Å²) < 4.78 is 25.3. The number of allylic oxidation sites excluding steroid dienone is 1. The van der Waals surface area contributed by atoms with E-state index in [0.717, 1.165) is 19.3 Å². The van der Waals surface area contributed by atoms with Gasteiger partial charge in [-0.1, -0.05) is 42.5 Å². The van der Waals surface area contributed by atoms with Crippen molar-refractivity contribution in [2.75, 3.05) is 6.61 Å². The molecule has 0 saturated heterocycles. The highest BCUT2D eigenvalue weighted by atomic mass is 32.2. The van der Waals surface area contributed by atoms with Crippen LogP contribution in [0.5, 0.6) is 0 Å². The van der Waals surface area contributed by atoms with E-state index in [9.17, 15) is 8.42 Å². The lowest BCUT2D eigenvalue weighted by Crippen LogP contribution is -2.16. The third-order valence-electron chi connectivity index (χ3n) is 2.38. The van der Waals surface area contributed by atoms with Crippen molar-refractivity contribution in [3.63, 3.8) is 0 Å². The summed E-state index contributed by atoms with van der Waals surface area (Å²) in [6.45, 7) is 0.0136. The molecule has 0 aromatic heterocycles. The van der Waals surface area contributed by atoms with Gasteiger partial charge in [-0.25, -0.2) is 5.14 Å². The number of hydrogen-bond acceptors (Lipinski definition) is 3. The highest BCUT2D eigenvalue weighted by Gasteiger charge is 1.98. The van der Waals surface area contributed by atoms with Crippen molar-refractivity contribution >= 4 is 16.4 Å². The fourth-order valence-corrected chi connectivity index (χ4v) is 1.79. The summed E-state index contributed by atoms with van der Waals surface area (Å²) in [5.74, 6) is 5.82. The van der Waals surface area contributed by atoms with Crippen LogP contribution in [0, 0.1) is 11.8 Å². The Morgan fingerprint density at radius 1 is 1.15 bits per heavy atom. The largest absolute Gasteiger partial charge is 0.333 e. The Morgan fingerprint density at radius 3 is 2.55 bits per heavy atom. The molecule has 20 heavy (non-hydrogen) atoms. The molecule has 5 heteroatoms. The van der Waals surface area contributed by atoms with E-state index in [-0.39, 0.29) is 6.61 Å². The zero-order valence-corrected chi connectivity index (χ0v) is 12.1. The van der Waals surface area contributed by atoms with Crippen LogP contribution in [0.4, 0.5) is 0 Å². The average molecular weight is 293 g/mol. The van der Waals surface area contributed by atoms with Crippen LogP contribution in [0.25, 0.3) is 6.08 Å². The molecule has 0 unspecified atom stereocenters. The highest BCUT2D eigenvalue weighted by molar-refractivity contribution is 7.84. The predicted octanol–water partition coefficient (Wildman–Crippen LogP) is 2.48. The monoisotopic (exact) mass is 293 g/mol. The molecule has 1 aromatic carbocycles. The first kappa shape index (κ1) is 16.4. The summed E-state index contributed by atoms with van der Waals surface area (Å²) in [6, 6.07) is 10.1. The van der Waals surface area contributed by atoms with Crippen molar-refractivity contribution in [3.05, 3.63) is 42.0 Å². The third kappa shape index (κ3) is 9.34. The molecule has 4 nitrogen and oxygen atoms in total. The first-order chi connectivity index (χ1) is 9.58. The van der Waals surface area contributed by atoms with Gasteiger partial charge in [-0.2, -0.15) is 8.42 Å². The molecule has 0 aliphatic carbocycles. The second-order valence-electron chi connectivity index (χ2n) is 4.12. The van der Waals surface area contributed by atoms with Crippen LogP contribution in [-0.2, 0) is 14.5 Å². The van der Waals surface area contributed by atoms with E-state index in [4.69, 9.17) is 0 Å². The summed E-state index contributed by atoms with van der Waals surface area (Å²) in [6.07, 6.45) is 7.32. The molecule has 0 spiro atoms. The highest BCUT2D eigenvalue weighted by Crippen LogP contribution is 2.03. The minimum absolute atomic E-state index is 0.0136. The maximum atomic E-state index is 10.5. The van der Waals surface area contributed by atoms with Crippen LogP contribution in [-0.4, -0.2) is 15.0 Å². The van der Waals surface area contributed by atoms with Gasteiger partial charge >= 0.3 is 10.3 Å². The van der Waals surface area contributed by atoms with E-state index in [2.05, 4.69) is 45.4 Å². The molecule has 0 amide bonds. The van der Waals surface area contributed by atoms with Crippen LogP contribution in [0.2, 0.25) is 0 Å². The number of unbranched alkanes of at least 4 members (excludes halogenated alkanes) is 2. The molecule has 108 valence electrons. The van der Waals surface area contributed by atoms with E-state index >= 15 is 0 Å². The molecule has 0 heterocycles. The molecule has 0 aliphatic rings. The van der Waals surface area contributed by atoms with Gasteiger partial charge in [0.15, 0.2) is 0 Å². The van der Waals surface area contributed by atoms with Crippen molar-refractivity contribution in [2.24, 2.45) is 5.14 Å². The van der Waals surface area contributed by atoms with Crippen LogP contribution in [0.1, 0.15) is 31.2 Å². The van der Waals surface area contributed by atoms with Crippen LogP contribution < -0.4 is 5.14 Å². The van der Waals surface area contributed by atoms with Gasteiger partial charge in [0.1, 0.15) is 0 Å². The summed E-state index contributed by atoms with van der Waals surface area (Å²) in [7, 11) is -3.83. The van der Waals surface area contributed by atoms with Crippen LogP contribution >= 0.6 is 0 Å². The Balaban J connectivity index is 2.07. The van der Waals surface area contributed by atoms with Gasteiger partial charge in [-0.3, -0.25) is 4.18 Å². The van der Waals surface area contributed by atoms with Crippen LogP contribution in [0.15, 0.2) is 36.4 Å². The number of hydrogen-bond donors (Lipinski definition) is 1. The Bertz CT molecular complexity index is 568. The predicted molar refractivity (Wildman–Crippen MR) is 80.8 cm³/mol. The summed E-state index contributed by atoms with van der Waals surface area (Å²) in [5.41, 5.74) is 1.19. The molecular formula is C15H19NO3S. The van der Waals surface area contributed by atoms with Gasteiger partial charge in [0.25, 0.3) is 0 Å². The second kappa shape index (κ2) is 9.32. The van der Waals surface area contributed by atoms with Crippen molar-refractivity contribution in [2.45, 2.75) is 25.7 Å². The lowest BCUT2D eigenvalue weighted by atomic mass is 10.1. The van der Waals surface area contributed by atoms with Crippen molar-refractivity contribution in [3.8, 4) is 11.8 Å². The van der Waals surface area contributed by atoms with Crippen molar-refractivity contribution in [1.82, 2.24) is 0 Å². The molecule has 0 radical (unpaired) electrons. The Labute approximate surface area is 120 Å². The molecule has 1 aromatic rings. The van der Waals surface area contributed by atoms with Gasteiger partial charge in [0.05, 0.1) is 6.61 Å². The van der Waals surface area contributed by atoms with Gasteiger partial charge in [0.2, 0.25) is 0 Å². The van der Waals surface area contributed by atoms with E-state index < -0.39 is 10.3 Å². The van der Waals surface area contributed by atoms with Gasteiger partial charge in [0, 0.05) is 12.8 Å². The molecule has 1 rings (SSSR count). The van der Waals surface area contributed by atoms with Crippen molar-refractivity contribution in [1.29, 1.82) is 0 Å². The summed E-state index contributed by atoms with van der Waals surface area (Å²) >= 11 is 0. The second-order valence-corrected chi connectivity index (χ2v) is 5.34. The molecule has 0 atom stereocenters. The van der Waals surface area contributed by atoms with Crippen molar-refractivity contribution < 1.29 is 12.6 Å². The minimum Gasteiger partial charge on any atom is -0.257 e. The van der Waals surface area contributed by atoms with E-state index in [1.807, 2.05) is 18.2 Å². The van der Waals surface area contributed by atoms with Gasteiger partial charge in [-0.05, 0) is 18.4 Å². The quantitative estimate of drug-likeness (QED) is 0.620.